The van der Waals surface area contributed by atoms with Crippen molar-refractivity contribution in [2.45, 2.75) is 33.1 Å². The zero-order valence-corrected chi connectivity index (χ0v) is 9.73. The molecule has 86 valence electrons. The van der Waals surface area contributed by atoms with Gasteiger partial charge in [0.15, 0.2) is 0 Å². The largest absolute Gasteiger partial charge is 0.508 e. The van der Waals surface area contributed by atoms with E-state index in [1.807, 2.05) is 26.0 Å². The van der Waals surface area contributed by atoms with Gasteiger partial charge in [-0.05, 0) is 31.9 Å². The average molecular weight is 219 g/mol. The molecule has 0 atom stereocenters. The number of fused-ring (bicyclic) bond motifs is 1. The first-order valence-electron chi connectivity index (χ1n) is 5.47. The van der Waals surface area contributed by atoms with E-state index >= 15 is 0 Å². The van der Waals surface area contributed by atoms with Crippen LogP contribution in [0.15, 0.2) is 23.2 Å². The van der Waals surface area contributed by atoms with Gasteiger partial charge in [0, 0.05) is 17.7 Å². The van der Waals surface area contributed by atoms with E-state index in [0.29, 0.717) is 12.2 Å². The number of aliphatic imine (C=N–C) groups is 1. The molecule has 1 aromatic carbocycles. The summed E-state index contributed by atoms with van der Waals surface area (Å²) in [5.41, 5.74) is 3.06. The van der Waals surface area contributed by atoms with Gasteiger partial charge >= 0.3 is 0 Å². The minimum atomic E-state index is 0.378. The van der Waals surface area contributed by atoms with Crippen LogP contribution in [0, 0.1) is 0 Å². The number of aldehydes is 1. The molecule has 0 radical (unpaired) electrons. The molecule has 2 rings (SSSR count). The molecule has 0 spiro atoms. The molecule has 1 heterocycles. The summed E-state index contributed by atoms with van der Waals surface area (Å²) in [5.74, 6) is 0.378. The van der Waals surface area contributed by atoms with Crippen molar-refractivity contribution in [1.29, 1.82) is 0 Å². The lowest BCUT2D eigenvalue weighted by molar-refractivity contribution is -0.107. The Morgan fingerprint density at radius 2 is 2.12 bits per heavy atom. The Hall–Kier alpha value is -1.64. The first-order valence-corrected chi connectivity index (χ1v) is 5.47. The van der Waals surface area contributed by atoms with E-state index in [1.54, 1.807) is 6.07 Å². The van der Waals surface area contributed by atoms with E-state index < -0.39 is 0 Å². The molecule has 1 aromatic rings. The van der Waals surface area contributed by atoms with Gasteiger partial charge in [-0.1, -0.05) is 13.0 Å². The fourth-order valence-corrected chi connectivity index (χ4v) is 1.49. The first kappa shape index (κ1) is 12.4. The van der Waals surface area contributed by atoms with Gasteiger partial charge < -0.3 is 9.90 Å². The lowest BCUT2D eigenvalue weighted by Crippen LogP contribution is -2.01. The third-order valence-corrected chi connectivity index (χ3v) is 2.34. The maximum atomic E-state index is 9.47. The van der Waals surface area contributed by atoms with Crippen LogP contribution in [0.3, 0.4) is 0 Å². The molecule has 3 nitrogen and oxygen atoms in total. The van der Waals surface area contributed by atoms with Crippen LogP contribution < -0.4 is 0 Å². The highest BCUT2D eigenvalue weighted by molar-refractivity contribution is 5.87. The molecule has 0 aliphatic carbocycles. The summed E-state index contributed by atoms with van der Waals surface area (Å²) in [6.07, 6.45) is 3.39. The molecule has 0 amide bonds. The molecule has 0 fully saturated rings. The van der Waals surface area contributed by atoms with Crippen molar-refractivity contribution in [3.05, 3.63) is 23.8 Å². The lowest BCUT2D eigenvalue weighted by atomic mass is 10.0. The van der Waals surface area contributed by atoms with E-state index in [1.165, 1.54) is 0 Å². The van der Waals surface area contributed by atoms with Crippen LogP contribution in [-0.2, 0) is 11.2 Å². The van der Waals surface area contributed by atoms with Crippen molar-refractivity contribution in [3.8, 4) is 5.75 Å². The molecule has 16 heavy (non-hydrogen) atoms. The van der Waals surface area contributed by atoms with E-state index in [2.05, 4.69) is 4.99 Å². The SMILES string of the molecule is CC1=Nc2cccc(O)c2CC1.CCC=O. The second kappa shape index (κ2) is 6.05. The van der Waals surface area contributed by atoms with Gasteiger partial charge in [0.05, 0.1) is 5.69 Å². The highest BCUT2D eigenvalue weighted by atomic mass is 16.3. The predicted molar refractivity (Wildman–Crippen MR) is 65.6 cm³/mol. The number of carbonyl (C=O) groups excluding carboxylic acids is 1. The van der Waals surface area contributed by atoms with Crippen LogP contribution in [0.5, 0.6) is 5.75 Å². The van der Waals surface area contributed by atoms with E-state index in [-0.39, 0.29) is 0 Å². The molecule has 3 heteroatoms. The highest BCUT2D eigenvalue weighted by Gasteiger charge is 2.11. The number of rotatable bonds is 1. The lowest BCUT2D eigenvalue weighted by Gasteiger charge is -2.13. The van der Waals surface area contributed by atoms with Crippen LogP contribution >= 0.6 is 0 Å². The number of benzene rings is 1. The molecule has 0 saturated heterocycles. The van der Waals surface area contributed by atoms with Gasteiger partial charge in [0.2, 0.25) is 0 Å². The van der Waals surface area contributed by atoms with Gasteiger partial charge in [0.25, 0.3) is 0 Å². The van der Waals surface area contributed by atoms with Gasteiger partial charge in [-0.15, -0.1) is 0 Å². The highest BCUT2D eigenvalue weighted by Crippen LogP contribution is 2.32. The van der Waals surface area contributed by atoms with Crippen molar-refractivity contribution in [1.82, 2.24) is 0 Å². The fourth-order valence-electron chi connectivity index (χ4n) is 1.49. The second-order valence-corrected chi connectivity index (χ2v) is 3.70. The van der Waals surface area contributed by atoms with Crippen LogP contribution in [0.1, 0.15) is 32.3 Å². The van der Waals surface area contributed by atoms with Crippen molar-refractivity contribution >= 4 is 17.7 Å². The third kappa shape index (κ3) is 3.19. The first-order chi connectivity index (χ1) is 7.69. The Morgan fingerprint density at radius 3 is 2.75 bits per heavy atom. The maximum absolute atomic E-state index is 9.47. The molecule has 0 unspecified atom stereocenters. The summed E-state index contributed by atoms with van der Waals surface area (Å²) in [5, 5.41) is 9.47. The number of phenols is 1. The Bertz CT molecular complexity index is 397. The van der Waals surface area contributed by atoms with Crippen LogP contribution in [0.2, 0.25) is 0 Å². The number of nitrogens with zero attached hydrogens (tertiary/aromatic N) is 1. The molecule has 1 aliphatic rings. The summed E-state index contributed by atoms with van der Waals surface area (Å²) in [6.45, 7) is 3.83. The summed E-state index contributed by atoms with van der Waals surface area (Å²) in [6, 6.07) is 5.49. The minimum Gasteiger partial charge on any atom is -0.508 e. The zero-order chi connectivity index (χ0) is 12.0. The van der Waals surface area contributed by atoms with Gasteiger partial charge in [-0.25, -0.2) is 0 Å². The predicted octanol–water partition coefficient (Wildman–Crippen LogP) is 3.03. The maximum Gasteiger partial charge on any atom is 0.120 e. The van der Waals surface area contributed by atoms with Gasteiger partial charge in [-0.2, -0.15) is 0 Å². The van der Waals surface area contributed by atoms with Crippen LogP contribution in [0.25, 0.3) is 0 Å². The van der Waals surface area contributed by atoms with E-state index in [0.717, 1.165) is 36.1 Å². The minimum absolute atomic E-state index is 0.378. The van der Waals surface area contributed by atoms with Crippen molar-refractivity contribution in [3.63, 3.8) is 0 Å². The van der Waals surface area contributed by atoms with Crippen molar-refractivity contribution in [2.75, 3.05) is 0 Å². The standard InChI is InChI=1S/C10H11NO.C3H6O/c1-7-5-6-8-9(11-7)3-2-4-10(8)12;1-2-3-4/h2-4,12H,5-6H2,1H3;3H,2H2,1H3. The Balaban J connectivity index is 0.000000280. The number of hydrogen-bond acceptors (Lipinski definition) is 3. The molecular formula is C13H17NO2. The Kier molecular flexibility index (Phi) is 4.70. The second-order valence-electron chi connectivity index (χ2n) is 3.70. The summed E-state index contributed by atoms with van der Waals surface area (Å²) in [4.78, 5) is 13.5. The summed E-state index contributed by atoms with van der Waals surface area (Å²) in [7, 11) is 0. The van der Waals surface area contributed by atoms with E-state index in [4.69, 9.17) is 0 Å². The number of aromatic hydroxyl groups is 1. The molecular weight excluding hydrogens is 202 g/mol. The molecule has 0 saturated carbocycles. The topological polar surface area (TPSA) is 49.7 Å². The molecule has 0 bridgehead atoms. The normalized spacial score (nSPS) is 13.0. The number of hydrogen-bond donors (Lipinski definition) is 1. The fraction of sp³-hybridized carbons (Fsp3) is 0.385. The Morgan fingerprint density at radius 1 is 1.44 bits per heavy atom. The van der Waals surface area contributed by atoms with Gasteiger partial charge in [0.1, 0.15) is 12.0 Å². The smallest absolute Gasteiger partial charge is 0.120 e. The molecule has 1 N–H and O–H groups in total. The average Bonchev–Trinajstić information content (AvgIpc) is 2.29. The quantitative estimate of drug-likeness (QED) is 0.738. The van der Waals surface area contributed by atoms with Crippen molar-refractivity contribution < 1.29 is 9.90 Å². The number of phenolic OH excluding ortho intramolecular Hbond substituents is 1. The summed E-state index contributed by atoms with van der Waals surface area (Å²) >= 11 is 0. The van der Waals surface area contributed by atoms with E-state index in [9.17, 15) is 9.90 Å². The third-order valence-electron chi connectivity index (χ3n) is 2.34. The molecule has 0 aromatic heterocycles. The molecule has 1 aliphatic heterocycles. The van der Waals surface area contributed by atoms with Crippen LogP contribution in [-0.4, -0.2) is 17.1 Å². The summed E-state index contributed by atoms with van der Waals surface area (Å²) < 4.78 is 0. The monoisotopic (exact) mass is 219 g/mol. The zero-order valence-electron chi connectivity index (χ0n) is 9.73. The van der Waals surface area contributed by atoms with Crippen molar-refractivity contribution in [2.24, 2.45) is 4.99 Å². The Labute approximate surface area is 95.8 Å². The van der Waals surface area contributed by atoms with Gasteiger partial charge in [-0.3, -0.25) is 4.99 Å². The van der Waals surface area contributed by atoms with Crippen LogP contribution in [0.4, 0.5) is 5.69 Å². The number of carbonyl (C=O) groups is 1.